The van der Waals surface area contributed by atoms with Gasteiger partial charge in [0, 0.05) is 9.37 Å². The molecule has 11 heteroatoms. The Balaban J connectivity index is 2.21. The topological polar surface area (TPSA) is 97.5 Å². The van der Waals surface area contributed by atoms with E-state index in [1.807, 2.05) is 5.43 Å². The average molecular weight is 425 g/mol. The van der Waals surface area contributed by atoms with Crippen LogP contribution in [0, 0.1) is 0 Å². The first-order valence-corrected chi connectivity index (χ1v) is 8.13. The number of nitrogens with zero attached hydrogens (tertiary/aromatic N) is 1. The van der Waals surface area contributed by atoms with Crippen molar-refractivity contribution in [2.45, 2.75) is 16.8 Å². The Hall–Kier alpha value is -1.69. The van der Waals surface area contributed by atoms with Crippen molar-refractivity contribution in [2.24, 2.45) is 11.7 Å². The molecule has 0 radical (unpaired) electrons. The third-order valence-electron chi connectivity index (χ3n) is 2.89. The molecule has 1 heterocycles. The molecule has 1 aromatic carbocycles. The molecule has 0 aliphatic rings. The van der Waals surface area contributed by atoms with E-state index in [0.717, 1.165) is 22.8 Å². The van der Waals surface area contributed by atoms with Crippen molar-refractivity contribution in [1.29, 1.82) is 0 Å². The van der Waals surface area contributed by atoms with Crippen LogP contribution in [0.5, 0.6) is 0 Å². The van der Waals surface area contributed by atoms with Crippen LogP contribution in [-0.4, -0.2) is 6.03 Å². The molecule has 0 saturated heterocycles. The summed E-state index contributed by atoms with van der Waals surface area (Å²) < 4.78 is 43.3. The number of carbonyl (C=O) groups is 1. The first-order chi connectivity index (χ1) is 11.2. The van der Waals surface area contributed by atoms with E-state index in [2.05, 4.69) is 15.9 Å². The number of furan rings is 1. The molecule has 2 amide bonds. The van der Waals surface area contributed by atoms with E-state index in [-0.39, 0.29) is 11.5 Å². The van der Waals surface area contributed by atoms with Crippen molar-refractivity contribution in [3.05, 3.63) is 46.3 Å². The lowest BCUT2D eigenvalue weighted by Crippen LogP contribution is -2.47. The predicted molar refractivity (Wildman–Crippen MR) is 86.8 cm³/mol. The van der Waals surface area contributed by atoms with Gasteiger partial charge in [0.2, 0.25) is 0 Å². The van der Waals surface area contributed by atoms with Gasteiger partial charge in [-0.3, -0.25) is 5.43 Å². The molecule has 0 saturated carbocycles. The van der Waals surface area contributed by atoms with Gasteiger partial charge in [-0.1, -0.05) is 6.07 Å². The highest BCUT2D eigenvalue weighted by atomic mass is 79.9. The maximum absolute atomic E-state index is 12.6. The van der Waals surface area contributed by atoms with E-state index >= 15 is 0 Å². The molecular weight excluding hydrogens is 413 g/mol. The fourth-order valence-corrected chi connectivity index (χ4v) is 3.41. The van der Waals surface area contributed by atoms with Crippen LogP contribution in [0.15, 0.2) is 44.3 Å². The summed E-state index contributed by atoms with van der Waals surface area (Å²) in [4.78, 5) is 12.1. The number of halogens is 4. The second-order valence-electron chi connectivity index (χ2n) is 4.50. The summed E-state index contributed by atoms with van der Waals surface area (Å²) >= 11 is 4.48. The van der Waals surface area contributed by atoms with Gasteiger partial charge in [-0.05, 0) is 34.1 Å². The number of nitrogens with two attached hydrogens (primary N) is 2. The van der Waals surface area contributed by atoms with Crippen molar-refractivity contribution in [3.8, 4) is 0 Å². The molecular formula is C13H12BrF3N4O2S. The Morgan fingerprint density at radius 1 is 1.42 bits per heavy atom. The van der Waals surface area contributed by atoms with Crippen LogP contribution in [0.1, 0.15) is 11.3 Å². The third kappa shape index (κ3) is 4.23. The summed E-state index contributed by atoms with van der Waals surface area (Å²) in [6.07, 6.45) is -3.80. The van der Waals surface area contributed by atoms with Crippen LogP contribution >= 0.6 is 27.7 Å². The number of hydrogen-bond acceptors (Lipinski definition) is 5. The lowest BCUT2D eigenvalue weighted by Gasteiger charge is -2.19. The molecule has 5 N–H and O–H groups in total. The number of carbonyl (C=O) groups excluding carboxylic acids is 1. The Kier molecular flexibility index (Phi) is 5.80. The highest BCUT2D eigenvalue weighted by molar-refractivity contribution is 9.10. The molecule has 0 aliphatic heterocycles. The monoisotopic (exact) mass is 424 g/mol. The number of hydrazine groups is 2. The fourth-order valence-electron chi connectivity index (χ4n) is 1.76. The first kappa shape index (κ1) is 18.6. The molecule has 24 heavy (non-hydrogen) atoms. The summed E-state index contributed by atoms with van der Waals surface area (Å²) in [5.74, 6) is 11.0. The summed E-state index contributed by atoms with van der Waals surface area (Å²) in [6.45, 7) is 0. The van der Waals surface area contributed by atoms with Gasteiger partial charge in [0.05, 0.1) is 17.0 Å². The van der Waals surface area contributed by atoms with Crippen molar-refractivity contribution in [3.63, 3.8) is 0 Å². The number of benzene rings is 1. The largest absolute Gasteiger partial charge is 0.468 e. The Bertz CT molecular complexity index is 738. The fraction of sp³-hybridized carbons (Fsp3) is 0.154. The van der Waals surface area contributed by atoms with Crippen molar-refractivity contribution in [2.75, 3.05) is 5.01 Å². The SMILES string of the molecule is NNC(=O)N(N)c1cccc(Br)c1SCc1cc(C(F)(F)F)co1. The number of hydrogen-bond donors (Lipinski definition) is 3. The quantitative estimate of drug-likeness (QED) is 0.301. The normalized spacial score (nSPS) is 11.4. The lowest BCUT2D eigenvalue weighted by molar-refractivity contribution is -0.137. The Morgan fingerprint density at radius 3 is 2.71 bits per heavy atom. The number of alkyl halides is 3. The second-order valence-corrected chi connectivity index (χ2v) is 6.34. The summed E-state index contributed by atoms with van der Waals surface area (Å²) in [7, 11) is 0. The minimum atomic E-state index is -4.46. The van der Waals surface area contributed by atoms with E-state index in [1.54, 1.807) is 18.2 Å². The standard InChI is InChI=1S/C13H12BrF3N4O2S/c14-9-2-1-3-10(21(19)12(22)20-18)11(9)24-6-8-4-7(5-23-8)13(15,16)17/h1-5H,6,18-19H2,(H,20,22). The van der Waals surface area contributed by atoms with Gasteiger partial charge < -0.3 is 4.42 Å². The zero-order valence-corrected chi connectivity index (χ0v) is 14.3. The number of nitrogens with one attached hydrogen (secondary N) is 1. The van der Waals surface area contributed by atoms with Crippen LogP contribution in [0.2, 0.25) is 0 Å². The molecule has 0 spiro atoms. The smallest absolute Gasteiger partial charge is 0.419 e. The molecule has 0 fully saturated rings. The predicted octanol–water partition coefficient (Wildman–Crippen LogP) is 3.62. The van der Waals surface area contributed by atoms with Gasteiger partial charge in [-0.15, -0.1) is 11.8 Å². The van der Waals surface area contributed by atoms with Gasteiger partial charge in [0.15, 0.2) is 0 Å². The summed E-state index contributed by atoms with van der Waals surface area (Å²) in [6, 6.07) is 5.12. The van der Waals surface area contributed by atoms with Crippen LogP contribution in [0.25, 0.3) is 0 Å². The number of thioether (sulfide) groups is 1. The van der Waals surface area contributed by atoms with Crippen LogP contribution in [0.4, 0.5) is 23.7 Å². The number of amides is 2. The molecule has 0 aliphatic carbocycles. The molecule has 0 atom stereocenters. The zero-order valence-electron chi connectivity index (χ0n) is 11.9. The van der Waals surface area contributed by atoms with Crippen molar-refractivity contribution < 1.29 is 22.4 Å². The van der Waals surface area contributed by atoms with E-state index in [0.29, 0.717) is 21.3 Å². The van der Waals surface area contributed by atoms with Crippen LogP contribution < -0.4 is 22.1 Å². The van der Waals surface area contributed by atoms with Gasteiger partial charge in [-0.25, -0.2) is 21.5 Å². The zero-order chi connectivity index (χ0) is 17.9. The molecule has 0 bridgehead atoms. The van der Waals surface area contributed by atoms with Crippen molar-refractivity contribution in [1.82, 2.24) is 5.43 Å². The summed E-state index contributed by atoms with van der Waals surface area (Å²) in [5.41, 5.74) is 1.38. The number of rotatable bonds is 4. The average Bonchev–Trinajstić information content (AvgIpc) is 3.01. The molecule has 2 aromatic rings. The molecule has 6 nitrogen and oxygen atoms in total. The lowest BCUT2D eigenvalue weighted by atomic mass is 10.3. The van der Waals surface area contributed by atoms with Crippen LogP contribution in [0.3, 0.4) is 0 Å². The third-order valence-corrected chi connectivity index (χ3v) is 4.96. The van der Waals surface area contributed by atoms with E-state index in [1.165, 1.54) is 0 Å². The molecule has 2 rings (SSSR count). The Morgan fingerprint density at radius 2 is 2.12 bits per heavy atom. The summed E-state index contributed by atoms with van der Waals surface area (Å²) in [5, 5.41) is 0.802. The maximum Gasteiger partial charge on any atom is 0.419 e. The number of urea groups is 1. The van der Waals surface area contributed by atoms with Gasteiger partial charge in [0.25, 0.3) is 0 Å². The Labute approximate surface area is 147 Å². The molecule has 1 aromatic heterocycles. The first-order valence-electron chi connectivity index (χ1n) is 6.35. The maximum atomic E-state index is 12.6. The molecule has 0 unspecified atom stereocenters. The molecule has 130 valence electrons. The van der Waals surface area contributed by atoms with E-state index in [4.69, 9.17) is 16.1 Å². The van der Waals surface area contributed by atoms with Gasteiger partial charge in [-0.2, -0.15) is 13.2 Å². The highest BCUT2D eigenvalue weighted by Crippen LogP contribution is 2.38. The minimum Gasteiger partial charge on any atom is -0.468 e. The highest BCUT2D eigenvalue weighted by Gasteiger charge is 2.32. The van der Waals surface area contributed by atoms with Gasteiger partial charge in [0.1, 0.15) is 12.0 Å². The minimum absolute atomic E-state index is 0.115. The number of anilines is 1. The second kappa shape index (κ2) is 7.47. The van der Waals surface area contributed by atoms with E-state index < -0.39 is 17.8 Å². The van der Waals surface area contributed by atoms with Crippen molar-refractivity contribution >= 4 is 39.4 Å². The van der Waals surface area contributed by atoms with Gasteiger partial charge >= 0.3 is 12.2 Å². The van der Waals surface area contributed by atoms with Crippen LogP contribution in [-0.2, 0) is 11.9 Å². The van der Waals surface area contributed by atoms with E-state index in [9.17, 15) is 18.0 Å².